The average molecular weight is 1050 g/mol. The predicted molar refractivity (Wildman–Crippen MR) is 170 cm³/mol. The summed E-state index contributed by atoms with van der Waals surface area (Å²) in [5, 5.41) is 7.57. The molecule has 0 fully saturated rings. The van der Waals surface area contributed by atoms with Gasteiger partial charge in [-0.05, 0) is 41.5 Å². The van der Waals surface area contributed by atoms with Crippen LogP contribution in [-0.2, 0) is 26.6 Å². The highest BCUT2D eigenvalue weighted by Crippen LogP contribution is 2.62. The Balaban J connectivity index is -0.00000109. The van der Waals surface area contributed by atoms with Crippen LogP contribution in [0, 0.1) is 0 Å². The molecule has 0 spiro atoms. The maximum absolute atomic E-state index is 13.9. The minimum Gasteiger partial charge on any atom is -0.397 e. The molecule has 0 aliphatic rings. The molecule has 0 saturated carbocycles. The Morgan fingerprint density at radius 1 is 0.328 bits per heavy atom. The van der Waals surface area contributed by atoms with Gasteiger partial charge in [0.2, 0.25) is 0 Å². The van der Waals surface area contributed by atoms with Gasteiger partial charge in [-0.1, -0.05) is 0 Å². The van der Waals surface area contributed by atoms with Gasteiger partial charge in [-0.15, -0.1) is 0 Å². The van der Waals surface area contributed by atoms with Gasteiger partial charge in [0.15, 0.2) is 0 Å². The molecule has 0 aliphatic heterocycles. The van der Waals surface area contributed by atoms with Crippen molar-refractivity contribution in [3.63, 3.8) is 0 Å². The minimum atomic E-state index is -7.92. The topological polar surface area (TPSA) is 75.6 Å². The monoisotopic (exact) mass is 1050 g/mol. The summed E-state index contributed by atoms with van der Waals surface area (Å²) in [6.45, 7) is 6.89. The van der Waals surface area contributed by atoms with Gasteiger partial charge >= 0.3 is 89.2 Å². The predicted octanol–water partition coefficient (Wildman–Crippen LogP) is 11.9. The second kappa shape index (κ2) is 23.1. The molecule has 0 unspecified atom stereocenters. The molecule has 7 nitrogen and oxygen atoms in total. The van der Waals surface area contributed by atoms with E-state index in [0.717, 1.165) is 7.11 Å². The van der Waals surface area contributed by atoms with Gasteiger partial charge in [-0.25, -0.2) is 0 Å². The first-order valence-corrected chi connectivity index (χ1v) is 21.3. The van der Waals surface area contributed by atoms with E-state index in [9.17, 15) is 114 Å². The summed E-state index contributed by atoms with van der Waals surface area (Å²) in [7, 11) is -7.61. The SMILES string of the molecule is CCO.CCO[Si](CCC(F)(F)C(F)(F)C(F)(F)C(F)(F)C(F)(F)C(F)(F)F)(OC)OCC.CCO[Si](CCC(F)(F)C(F)(F)C(F)(F)C(F)(F)C(F)(F)C(F)(F)F)(OCC)OCC. The standard InChI is InChI=1S/C14H19F13O3Si.C13H17F13O3Si.C2H6O/c1-4-28-31(29-5-2,30-6-3)8-7-9(15,16)10(17,18)11(19,20)12(21,22)13(23,24)14(25,26)27;1-4-28-30(27-3,29-5-2)7-6-8(14,15)9(16,17)10(18,19)11(20,21)12(22,23)13(24,25)26;1-2-3/h4-8H2,1-3H3;4-7H2,1-3H3;3H,2H2,1H3. The van der Waals surface area contributed by atoms with Gasteiger partial charge < -0.3 is 31.7 Å². The number of aliphatic hydroxyl groups is 1. The van der Waals surface area contributed by atoms with Crippen LogP contribution in [0.5, 0.6) is 0 Å². The lowest BCUT2D eigenvalue weighted by molar-refractivity contribution is -0.440. The van der Waals surface area contributed by atoms with Crippen molar-refractivity contribution in [2.24, 2.45) is 0 Å². The lowest BCUT2D eigenvalue weighted by Gasteiger charge is -2.40. The Hall–Kier alpha value is -1.67. The normalized spacial score (nSPS) is 15.1. The molecule has 0 heterocycles. The van der Waals surface area contributed by atoms with E-state index in [0.29, 0.717) is 0 Å². The summed E-state index contributed by atoms with van der Waals surface area (Å²) in [5.41, 5.74) is 0. The lowest BCUT2D eigenvalue weighted by Crippen LogP contribution is -2.70. The highest BCUT2D eigenvalue weighted by molar-refractivity contribution is 6.61. The third kappa shape index (κ3) is 13.5. The molecule has 0 aliphatic carbocycles. The largest absolute Gasteiger partial charge is 0.501 e. The fraction of sp³-hybridized carbons (Fsp3) is 1.00. The van der Waals surface area contributed by atoms with Gasteiger partial charge in [0.05, 0.1) is 0 Å². The first-order valence-electron chi connectivity index (χ1n) is 17.5. The zero-order valence-electron chi connectivity index (χ0n) is 33.8. The Bertz CT molecular complexity index is 1340. The van der Waals surface area contributed by atoms with Crippen molar-refractivity contribution >= 4 is 17.6 Å². The van der Waals surface area contributed by atoms with Gasteiger partial charge in [0, 0.05) is 71.7 Å². The number of hydrogen-bond donors (Lipinski definition) is 1. The highest BCUT2D eigenvalue weighted by atomic mass is 28.4. The van der Waals surface area contributed by atoms with Crippen LogP contribution in [0.3, 0.4) is 0 Å². The van der Waals surface area contributed by atoms with E-state index < -0.39 is 114 Å². The van der Waals surface area contributed by atoms with E-state index in [2.05, 4.69) is 0 Å². The van der Waals surface area contributed by atoms with Gasteiger partial charge in [0.25, 0.3) is 0 Å². The quantitative estimate of drug-likeness (QED) is 0.0721. The van der Waals surface area contributed by atoms with Crippen molar-refractivity contribution in [2.75, 3.05) is 46.8 Å². The maximum atomic E-state index is 13.9. The van der Waals surface area contributed by atoms with Crippen LogP contribution in [-0.4, -0.2) is 141 Å². The first kappa shape index (κ1) is 66.6. The third-order valence-corrected chi connectivity index (χ3v) is 13.6. The number of rotatable bonds is 25. The van der Waals surface area contributed by atoms with E-state index in [1.807, 2.05) is 0 Å². The Kier molecular flexibility index (Phi) is 24.0. The summed E-state index contributed by atoms with van der Waals surface area (Å²) in [4.78, 5) is 0. The first-order chi connectivity index (χ1) is 28.2. The molecule has 390 valence electrons. The van der Waals surface area contributed by atoms with Crippen LogP contribution < -0.4 is 0 Å². The molecule has 0 aromatic carbocycles. The molecule has 0 radical (unpaired) electrons. The molecule has 0 aromatic heterocycles. The average Bonchev–Trinajstić information content (AvgIpc) is 3.12. The molecule has 64 heavy (non-hydrogen) atoms. The van der Waals surface area contributed by atoms with Crippen molar-refractivity contribution < 1.29 is 146 Å². The fourth-order valence-electron chi connectivity index (χ4n) is 4.39. The van der Waals surface area contributed by atoms with Crippen LogP contribution in [0.4, 0.5) is 114 Å². The third-order valence-electron chi connectivity index (χ3n) is 7.62. The van der Waals surface area contributed by atoms with Crippen molar-refractivity contribution in [3.05, 3.63) is 0 Å². The lowest BCUT2D eigenvalue weighted by atomic mass is 9.93. The fourth-order valence-corrected chi connectivity index (χ4v) is 9.32. The zero-order chi connectivity index (χ0) is 52.3. The van der Waals surface area contributed by atoms with Crippen LogP contribution >= 0.6 is 0 Å². The Morgan fingerprint density at radius 2 is 0.516 bits per heavy atom. The molecule has 35 heteroatoms. The molecule has 0 atom stereocenters. The summed E-state index contributed by atoms with van der Waals surface area (Å²) in [5.74, 6) is -74.0. The molecular weight excluding hydrogens is 1010 g/mol. The van der Waals surface area contributed by atoms with Crippen molar-refractivity contribution in [3.8, 4) is 0 Å². The van der Waals surface area contributed by atoms with Crippen LogP contribution in [0.2, 0.25) is 12.1 Å². The zero-order valence-corrected chi connectivity index (χ0v) is 35.8. The van der Waals surface area contributed by atoms with Crippen molar-refractivity contribution in [1.29, 1.82) is 0 Å². The number of aliphatic hydroxyl groups excluding tert-OH is 1. The smallest absolute Gasteiger partial charge is 0.397 e. The van der Waals surface area contributed by atoms with E-state index in [1.54, 1.807) is 6.92 Å². The number of hydrogen-bond acceptors (Lipinski definition) is 7. The van der Waals surface area contributed by atoms with Crippen LogP contribution in [0.15, 0.2) is 0 Å². The van der Waals surface area contributed by atoms with Crippen LogP contribution in [0.25, 0.3) is 0 Å². The number of alkyl halides is 26. The van der Waals surface area contributed by atoms with Gasteiger partial charge in [0.1, 0.15) is 0 Å². The molecule has 1 N–H and O–H groups in total. The molecule has 0 bridgehead atoms. The van der Waals surface area contributed by atoms with E-state index >= 15 is 0 Å². The minimum absolute atomic E-state index is 0.250. The summed E-state index contributed by atoms with van der Waals surface area (Å²) >= 11 is 0. The highest BCUT2D eigenvalue weighted by Gasteiger charge is 2.92. The van der Waals surface area contributed by atoms with Crippen molar-refractivity contribution in [1.82, 2.24) is 0 Å². The van der Waals surface area contributed by atoms with Gasteiger partial charge in [-0.3, -0.25) is 0 Å². The molecular formula is C29H42F26O7Si2. The van der Waals surface area contributed by atoms with Gasteiger partial charge in [-0.2, -0.15) is 114 Å². The van der Waals surface area contributed by atoms with E-state index in [4.69, 9.17) is 31.7 Å². The van der Waals surface area contributed by atoms with E-state index in [1.165, 1.54) is 34.6 Å². The summed E-state index contributed by atoms with van der Waals surface area (Å²) < 4.78 is 370. The number of halogens is 26. The van der Waals surface area contributed by atoms with Crippen LogP contribution in [0.1, 0.15) is 54.4 Å². The molecule has 0 rings (SSSR count). The van der Waals surface area contributed by atoms with Crippen molar-refractivity contribution in [2.45, 2.75) is 138 Å². The summed E-state index contributed by atoms with van der Waals surface area (Å²) in [6, 6.07) is -2.73. The Labute approximate surface area is 348 Å². The second-order valence-corrected chi connectivity index (χ2v) is 17.6. The molecule has 0 amide bonds. The molecule has 0 aromatic rings. The summed E-state index contributed by atoms with van der Waals surface area (Å²) in [6.07, 6.45) is -19.7. The maximum Gasteiger partial charge on any atom is 0.501 e. The van der Waals surface area contributed by atoms with E-state index in [-0.39, 0.29) is 39.6 Å². The Morgan fingerprint density at radius 3 is 0.703 bits per heavy atom. The second-order valence-electron chi connectivity index (χ2n) is 12.1. The molecule has 0 saturated heterocycles.